The van der Waals surface area contributed by atoms with Crippen LogP contribution in [-0.2, 0) is 26.6 Å². The topological polar surface area (TPSA) is 152 Å². The van der Waals surface area contributed by atoms with Gasteiger partial charge in [0.1, 0.15) is 16.5 Å². The van der Waals surface area contributed by atoms with E-state index in [1.807, 2.05) is 12.1 Å². The molecule has 186 valence electrons. The molecule has 6 rings (SSSR count). The number of rotatable bonds is 4. The Balaban J connectivity index is 1.52. The Kier molecular flexibility index (Phi) is 4.29. The zero-order valence-corrected chi connectivity index (χ0v) is 20.7. The van der Waals surface area contributed by atoms with Crippen LogP contribution in [0.25, 0.3) is 0 Å². The van der Waals surface area contributed by atoms with Crippen molar-refractivity contribution in [1.82, 2.24) is 10.3 Å². The van der Waals surface area contributed by atoms with Crippen molar-refractivity contribution in [2.75, 3.05) is 12.0 Å². The van der Waals surface area contributed by atoms with E-state index in [-0.39, 0.29) is 32.9 Å². The average molecular weight is 508 g/mol. The number of ether oxygens (including phenoxy) is 1. The highest BCUT2D eigenvalue weighted by Gasteiger charge is 2.72. The third-order valence-electron chi connectivity index (χ3n) is 8.10. The predicted molar refractivity (Wildman–Crippen MR) is 130 cm³/mol. The van der Waals surface area contributed by atoms with Crippen LogP contribution in [0.2, 0.25) is 0 Å². The fourth-order valence-corrected chi connectivity index (χ4v) is 6.28. The van der Waals surface area contributed by atoms with Gasteiger partial charge in [0.15, 0.2) is 9.84 Å². The molecule has 1 aromatic heterocycles. The minimum Gasteiger partial charge on any atom is -0.454 e. The van der Waals surface area contributed by atoms with Gasteiger partial charge in [-0.2, -0.15) is 0 Å². The molecular formula is C26H25N3O6S. The fraction of sp³-hybridized carbons (Fsp3) is 0.308. The first-order chi connectivity index (χ1) is 16.8. The summed E-state index contributed by atoms with van der Waals surface area (Å²) in [4.78, 5) is 30.0. The Morgan fingerprint density at radius 2 is 1.92 bits per heavy atom. The Bertz CT molecular complexity index is 1610. The Morgan fingerprint density at radius 1 is 1.19 bits per heavy atom. The summed E-state index contributed by atoms with van der Waals surface area (Å²) in [5.74, 6) is -2.88. The second kappa shape index (κ2) is 6.77. The molecule has 1 amide bonds. The van der Waals surface area contributed by atoms with E-state index in [0.717, 1.165) is 18.2 Å². The molecule has 1 fully saturated rings. The number of amides is 1. The van der Waals surface area contributed by atoms with Gasteiger partial charge in [-0.3, -0.25) is 9.59 Å². The summed E-state index contributed by atoms with van der Waals surface area (Å²) >= 11 is 0. The van der Waals surface area contributed by atoms with Crippen molar-refractivity contribution < 1.29 is 27.9 Å². The number of nitrogens with two attached hydrogens (primary N) is 1. The standard InChI is InChI=1S/C26H25N3O6S/c1-13-12-24(13,2)14-7-8-15-19(11-14)35-26(32)16-5-4-6-17(27)21(16)22(30)25(15,26)29-23(31)18-9-10-20(28-18)36(3,33)34/h4-11,13,28,32H,12,27H2,1-3H3,(H,29,31)/t13-,24+,25+,26+/m1/s1. The van der Waals surface area contributed by atoms with Crippen LogP contribution in [0.1, 0.15) is 57.8 Å². The van der Waals surface area contributed by atoms with Gasteiger partial charge in [0.25, 0.3) is 11.7 Å². The number of anilines is 1. The van der Waals surface area contributed by atoms with Crippen LogP contribution >= 0.6 is 0 Å². The lowest BCUT2D eigenvalue weighted by atomic mass is 9.81. The number of ketones is 1. The van der Waals surface area contributed by atoms with E-state index >= 15 is 0 Å². The van der Waals surface area contributed by atoms with E-state index < -0.39 is 32.9 Å². The van der Waals surface area contributed by atoms with Crippen LogP contribution in [0.15, 0.2) is 53.6 Å². The number of Topliss-reactive ketones (excluding diaryl/α,β-unsaturated/α-hetero) is 1. The van der Waals surface area contributed by atoms with Crippen LogP contribution < -0.4 is 15.8 Å². The van der Waals surface area contributed by atoms with Gasteiger partial charge in [-0.15, -0.1) is 0 Å². The molecule has 1 aliphatic heterocycles. The SMILES string of the molecule is C[C@@H]1C[C@]1(C)c1ccc2c(c1)O[C@@]1(O)c3cccc(N)c3C(=O)[C@@]21NC(=O)c1ccc(S(C)(=O)=O)[nH]1. The van der Waals surface area contributed by atoms with Gasteiger partial charge in [0.2, 0.25) is 11.3 Å². The largest absolute Gasteiger partial charge is 0.454 e. The summed E-state index contributed by atoms with van der Waals surface area (Å²) in [7, 11) is -3.59. The van der Waals surface area contributed by atoms with Gasteiger partial charge in [-0.25, -0.2) is 8.42 Å². The quantitative estimate of drug-likeness (QED) is 0.396. The van der Waals surface area contributed by atoms with E-state index in [0.29, 0.717) is 17.2 Å². The Hall–Kier alpha value is -3.63. The van der Waals surface area contributed by atoms with E-state index in [4.69, 9.17) is 10.5 Å². The molecule has 0 unspecified atom stereocenters. The second-order valence-corrected chi connectivity index (χ2v) is 12.3. The molecule has 0 bridgehead atoms. The molecule has 4 atom stereocenters. The van der Waals surface area contributed by atoms with Crippen LogP contribution in [0.5, 0.6) is 5.75 Å². The number of carbonyl (C=O) groups is 2. The van der Waals surface area contributed by atoms with Gasteiger partial charge in [-0.05, 0) is 47.6 Å². The van der Waals surface area contributed by atoms with Crippen LogP contribution in [0.3, 0.4) is 0 Å². The van der Waals surface area contributed by atoms with Gasteiger partial charge < -0.3 is 25.9 Å². The van der Waals surface area contributed by atoms with Crippen molar-refractivity contribution in [2.24, 2.45) is 5.92 Å². The molecule has 10 heteroatoms. The smallest absolute Gasteiger partial charge is 0.271 e. The Labute approximate surface area is 207 Å². The van der Waals surface area contributed by atoms with E-state index in [1.54, 1.807) is 24.3 Å². The monoisotopic (exact) mass is 507 g/mol. The number of carbonyl (C=O) groups excluding carboxylic acids is 2. The fourth-order valence-electron chi connectivity index (χ4n) is 5.67. The lowest BCUT2D eigenvalue weighted by Crippen LogP contribution is -2.60. The third kappa shape index (κ3) is 2.71. The molecule has 0 radical (unpaired) electrons. The number of H-pyrrole nitrogens is 1. The predicted octanol–water partition coefficient (Wildman–Crippen LogP) is 2.36. The highest BCUT2D eigenvalue weighted by Crippen LogP contribution is 2.61. The number of nitrogen functional groups attached to an aromatic ring is 1. The molecule has 3 aromatic rings. The molecular weight excluding hydrogens is 482 g/mol. The summed E-state index contributed by atoms with van der Waals surface area (Å²) in [6.07, 6.45) is 2.02. The molecule has 0 saturated heterocycles. The van der Waals surface area contributed by atoms with Crippen molar-refractivity contribution >= 4 is 27.2 Å². The van der Waals surface area contributed by atoms with Crippen molar-refractivity contribution in [1.29, 1.82) is 0 Å². The molecule has 5 N–H and O–H groups in total. The molecule has 9 nitrogen and oxygen atoms in total. The maximum absolute atomic E-state index is 14.0. The average Bonchev–Trinajstić information content (AvgIpc) is 3.14. The van der Waals surface area contributed by atoms with Crippen LogP contribution in [-0.4, -0.2) is 36.5 Å². The van der Waals surface area contributed by atoms with Gasteiger partial charge in [0, 0.05) is 23.1 Å². The number of nitrogens with one attached hydrogen (secondary N) is 2. The molecule has 2 aromatic carbocycles. The Morgan fingerprint density at radius 3 is 2.56 bits per heavy atom. The van der Waals surface area contributed by atoms with E-state index in [2.05, 4.69) is 24.1 Å². The number of fused-ring (bicyclic) bond motifs is 5. The van der Waals surface area contributed by atoms with E-state index in [9.17, 15) is 23.1 Å². The van der Waals surface area contributed by atoms with Crippen molar-refractivity contribution in [3.8, 4) is 5.75 Å². The lowest BCUT2D eigenvalue weighted by Gasteiger charge is -2.34. The number of hydrogen-bond donors (Lipinski definition) is 4. The first-order valence-electron chi connectivity index (χ1n) is 11.5. The molecule has 3 aliphatic rings. The van der Waals surface area contributed by atoms with Gasteiger partial charge in [0.05, 0.1) is 5.56 Å². The number of hydrogen-bond acceptors (Lipinski definition) is 7. The number of aliphatic hydroxyl groups is 1. The number of aromatic nitrogens is 1. The first-order valence-corrected chi connectivity index (χ1v) is 13.4. The molecule has 0 spiro atoms. The maximum Gasteiger partial charge on any atom is 0.271 e. The highest BCUT2D eigenvalue weighted by molar-refractivity contribution is 7.90. The van der Waals surface area contributed by atoms with Gasteiger partial charge >= 0.3 is 0 Å². The van der Waals surface area contributed by atoms with E-state index in [1.165, 1.54) is 12.1 Å². The van der Waals surface area contributed by atoms with Crippen molar-refractivity contribution in [3.05, 3.63) is 76.5 Å². The zero-order valence-electron chi connectivity index (χ0n) is 19.9. The van der Waals surface area contributed by atoms with Crippen LogP contribution in [0.4, 0.5) is 5.69 Å². The minimum atomic E-state index is -3.59. The minimum absolute atomic E-state index is 0.0340. The van der Waals surface area contributed by atoms with Crippen LogP contribution in [0, 0.1) is 5.92 Å². The van der Waals surface area contributed by atoms with Crippen molar-refractivity contribution in [3.63, 3.8) is 0 Å². The first kappa shape index (κ1) is 22.8. The maximum atomic E-state index is 14.0. The number of aromatic amines is 1. The summed E-state index contributed by atoms with van der Waals surface area (Å²) in [6.45, 7) is 4.30. The third-order valence-corrected chi connectivity index (χ3v) is 9.14. The second-order valence-electron chi connectivity index (χ2n) is 10.3. The lowest BCUT2D eigenvalue weighted by molar-refractivity contribution is -0.169. The van der Waals surface area contributed by atoms with Crippen molar-refractivity contribution in [2.45, 2.75) is 42.0 Å². The number of sulfone groups is 1. The summed E-state index contributed by atoms with van der Waals surface area (Å²) in [5.41, 5.74) is 5.67. The summed E-state index contributed by atoms with van der Waals surface area (Å²) in [5, 5.41) is 14.6. The normalized spacial score (nSPS) is 29.8. The molecule has 2 aliphatic carbocycles. The van der Waals surface area contributed by atoms with Gasteiger partial charge in [-0.1, -0.05) is 38.1 Å². The summed E-state index contributed by atoms with van der Waals surface area (Å²) < 4.78 is 29.9. The molecule has 1 saturated carbocycles. The number of benzene rings is 2. The zero-order chi connectivity index (χ0) is 25.8. The molecule has 36 heavy (non-hydrogen) atoms. The summed E-state index contributed by atoms with van der Waals surface area (Å²) in [6, 6.07) is 12.7. The highest BCUT2D eigenvalue weighted by atomic mass is 32.2. The molecule has 2 heterocycles.